The Morgan fingerprint density at radius 2 is 1.26 bits per heavy atom. The van der Waals surface area contributed by atoms with Crippen molar-refractivity contribution in [3.05, 3.63) is 107 Å². The number of aliphatic imine (C=N–C) groups is 2. The molecule has 0 aliphatic heterocycles. The van der Waals surface area contributed by atoms with Gasteiger partial charge in [0.25, 0.3) is 0 Å². The molecule has 38 heavy (non-hydrogen) atoms. The summed E-state index contributed by atoms with van der Waals surface area (Å²) in [5, 5.41) is 0. The molecule has 4 aromatic carbocycles. The van der Waals surface area contributed by atoms with Crippen molar-refractivity contribution >= 4 is 23.3 Å². The number of unbranched alkanes of at least 4 members (excludes halogenated alkanes) is 1. The summed E-state index contributed by atoms with van der Waals surface area (Å²) in [6.45, 7) is 11.1. The van der Waals surface area contributed by atoms with Gasteiger partial charge in [0, 0.05) is 6.21 Å². The maximum absolute atomic E-state index is 5.11. The van der Waals surface area contributed by atoms with Crippen LogP contribution in [-0.4, -0.2) is 11.9 Å². The van der Waals surface area contributed by atoms with Crippen molar-refractivity contribution in [1.82, 2.24) is 0 Å². The van der Waals surface area contributed by atoms with E-state index in [1.165, 1.54) is 57.3 Å². The van der Waals surface area contributed by atoms with Gasteiger partial charge in [0.1, 0.15) is 0 Å². The summed E-state index contributed by atoms with van der Waals surface area (Å²) in [4.78, 5) is 10.0. The molecule has 0 atom stereocenters. The van der Waals surface area contributed by atoms with Gasteiger partial charge in [0.2, 0.25) is 0 Å². The maximum Gasteiger partial charge on any atom is 0.0646 e. The largest absolute Gasteiger partial charge is 0.255 e. The first kappa shape index (κ1) is 27.3. The van der Waals surface area contributed by atoms with Crippen LogP contribution in [0.1, 0.15) is 62.3 Å². The quantitative estimate of drug-likeness (QED) is 0.193. The summed E-state index contributed by atoms with van der Waals surface area (Å²) in [5.41, 5.74) is 13.3. The van der Waals surface area contributed by atoms with E-state index >= 15 is 0 Å². The Hall–Kier alpha value is -3.78. The van der Waals surface area contributed by atoms with Gasteiger partial charge in [-0.15, -0.1) is 0 Å². The van der Waals surface area contributed by atoms with Crippen molar-refractivity contribution in [2.24, 2.45) is 9.98 Å². The molecule has 0 radical (unpaired) electrons. The van der Waals surface area contributed by atoms with Crippen LogP contribution < -0.4 is 0 Å². The monoisotopic (exact) mass is 500 g/mol. The van der Waals surface area contributed by atoms with E-state index in [0.717, 1.165) is 36.3 Å². The summed E-state index contributed by atoms with van der Waals surface area (Å²) < 4.78 is 0. The van der Waals surface area contributed by atoms with Gasteiger partial charge in [0.15, 0.2) is 0 Å². The lowest BCUT2D eigenvalue weighted by Crippen LogP contribution is -1.99. The van der Waals surface area contributed by atoms with Crippen LogP contribution in [0.25, 0.3) is 22.3 Å². The third-order valence-corrected chi connectivity index (χ3v) is 7.35. The average molecular weight is 501 g/mol. The minimum atomic E-state index is 0.813. The van der Waals surface area contributed by atoms with Crippen LogP contribution in [0.15, 0.2) is 94.9 Å². The molecular weight excluding hydrogens is 460 g/mol. The lowest BCUT2D eigenvalue weighted by Gasteiger charge is -2.14. The molecule has 2 nitrogen and oxygen atoms in total. The maximum atomic E-state index is 5.11. The number of hydrogen-bond acceptors (Lipinski definition) is 2. The lowest BCUT2D eigenvalue weighted by atomic mass is 9.92. The first-order chi connectivity index (χ1) is 18.5. The average Bonchev–Trinajstić information content (AvgIpc) is 2.96. The fourth-order valence-corrected chi connectivity index (χ4v) is 5.00. The fourth-order valence-electron chi connectivity index (χ4n) is 5.00. The van der Waals surface area contributed by atoms with Crippen LogP contribution in [0.5, 0.6) is 0 Å². The van der Waals surface area contributed by atoms with E-state index in [-0.39, 0.29) is 0 Å². The summed E-state index contributed by atoms with van der Waals surface area (Å²) in [5.74, 6) is 0. The SMILES string of the molecule is CCCCc1cc(N=CC(CC)=Nc2cc(-c3ccccc3)c(C)c(-c3ccccc3)c2)cc(CC)c1C. The van der Waals surface area contributed by atoms with Gasteiger partial charge in [-0.25, -0.2) is 0 Å². The van der Waals surface area contributed by atoms with Gasteiger partial charge < -0.3 is 0 Å². The Labute approximate surface area is 229 Å². The molecule has 0 amide bonds. The smallest absolute Gasteiger partial charge is 0.0646 e. The van der Waals surface area contributed by atoms with E-state index in [2.05, 4.69) is 120 Å². The van der Waals surface area contributed by atoms with Crippen molar-refractivity contribution in [3.63, 3.8) is 0 Å². The summed E-state index contributed by atoms with van der Waals surface area (Å²) in [6.07, 6.45) is 7.32. The molecule has 0 aliphatic rings. The highest BCUT2D eigenvalue weighted by Gasteiger charge is 2.11. The number of nitrogens with zero attached hydrogens (tertiary/aromatic N) is 2. The van der Waals surface area contributed by atoms with E-state index in [0.29, 0.717) is 0 Å². The van der Waals surface area contributed by atoms with E-state index in [1.54, 1.807) is 0 Å². The number of rotatable bonds is 10. The summed E-state index contributed by atoms with van der Waals surface area (Å²) in [7, 11) is 0. The van der Waals surface area contributed by atoms with Crippen LogP contribution in [0, 0.1) is 13.8 Å². The Kier molecular flexibility index (Phi) is 9.43. The number of hydrogen-bond donors (Lipinski definition) is 0. The Morgan fingerprint density at radius 3 is 1.79 bits per heavy atom. The van der Waals surface area contributed by atoms with Crippen LogP contribution in [0.2, 0.25) is 0 Å². The second-order valence-corrected chi connectivity index (χ2v) is 9.96. The second kappa shape index (κ2) is 13.1. The number of aryl methyl sites for hydroxylation is 2. The van der Waals surface area contributed by atoms with Gasteiger partial charge in [-0.2, -0.15) is 0 Å². The van der Waals surface area contributed by atoms with Gasteiger partial charge in [-0.05, 0) is 108 Å². The zero-order valence-electron chi connectivity index (χ0n) is 23.6. The van der Waals surface area contributed by atoms with E-state index in [1.807, 2.05) is 6.21 Å². The van der Waals surface area contributed by atoms with Crippen LogP contribution >= 0.6 is 0 Å². The lowest BCUT2D eigenvalue weighted by molar-refractivity contribution is 0.789. The predicted molar refractivity (Wildman–Crippen MR) is 167 cm³/mol. The van der Waals surface area contributed by atoms with E-state index < -0.39 is 0 Å². The fraction of sp³-hybridized carbons (Fsp3) is 0.278. The Balaban J connectivity index is 1.75. The predicted octanol–water partition coefficient (Wildman–Crippen LogP) is 10.4. The van der Waals surface area contributed by atoms with E-state index in [4.69, 9.17) is 9.98 Å². The molecule has 0 aliphatic carbocycles. The molecule has 194 valence electrons. The van der Waals surface area contributed by atoms with Gasteiger partial charge >= 0.3 is 0 Å². The Bertz CT molecular complexity index is 1350. The molecule has 0 unspecified atom stereocenters. The first-order valence-corrected chi connectivity index (χ1v) is 14.0. The van der Waals surface area contributed by atoms with E-state index in [9.17, 15) is 0 Å². The molecule has 2 heteroatoms. The molecule has 4 aromatic rings. The number of benzene rings is 4. The van der Waals surface area contributed by atoms with Crippen molar-refractivity contribution in [1.29, 1.82) is 0 Å². The highest BCUT2D eigenvalue weighted by atomic mass is 14.8. The van der Waals surface area contributed by atoms with Gasteiger partial charge in [-0.3, -0.25) is 9.98 Å². The van der Waals surface area contributed by atoms with Gasteiger partial charge in [-0.1, -0.05) is 87.9 Å². The molecule has 0 aromatic heterocycles. The molecule has 0 fully saturated rings. The van der Waals surface area contributed by atoms with Crippen LogP contribution in [-0.2, 0) is 12.8 Å². The zero-order chi connectivity index (χ0) is 26.9. The van der Waals surface area contributed by atoms with Gasteiger partial charge in [0.05, 0.1) is 17.1 Å². The molecule has 4 rings (SSSR count). The van der Waals surface area contributed by atoms with Crippen molar-refractivity contribution in [2.75, 3.05) is 0 Å². The van der Waals surface area contributed by atoms with Crippen LogP contribution in [0.3, 0.4) is 0 Å². The molecule has 0 heterocycles. The second-order valence-electron chi connectivity index (χ2n) is 9.96. The molecular formula is C36H40N2. The minimum absolute atomic E-state index is 0.813. The Morgan fingerprint density at radius 1 is 0.684 bits per heavy atom. The summed E-state index contributed by atoms with van der Waals surface area (Å²) >= 11 is 0. The highest BCUT2D eigenvalue weighted by molar-refractivity contribution is 6.31. The summed E-state index contributed by atoms with van der Waals surface area (Å²) in [6, 6.07) is 30.1. The van der Waals surface area contributed by atoms with Crippen molar-refractivity contribution in [2.45, 2.75) is 66.7 Å². The third-order valence-electron chi connectivity index (χ3n) is 7.35. The highest BCUT2D eigenvalue weighted by Crippen LogP contribution is 2.36. The molecule has 0 saturated carbocycles. The third kappa shape index (κ3) is 6.55. The molecule has 0 bridgehead atoms. The topological polar surface area (TPSA) is 24.7 Å². The zero-order valence-corrected chi connectivity index (χ0v) is 23.6. The van der Waals surface area contributed by atoms with Crippen LogP contribution in [0.4, 0.5) is 11.4 Å². The standard InChI is InChI=1S/C36H40N2/c1-6-9-16-31-22-33(21-28(7-2)26(31)4)37-25-32(8-3)38-34-23-35(29-17-12-10-13-18-29)27(5)36(24-34)30-19-14-11-15-20-30/h10-15,17-25H,6-9,16H2,1-5H3. The molecule has 0 spiro atoms. The van der Waals surface area contributed by atoms with Crippen molar-refractivity contribution < 1.29 is 0 Å². The minimum Gasteiger partial charge on any atom is -0.255 e. The molecule has 0 N–H and O–H groups in total. The van der Waals surface area contributed by atoms with Crippen molar-refractivity contribution in [3.8, 4) is 22.3 Å². The molecule has 0 saturated heterocycles. The normalized spacial score (nSPS) is 11.9. The first-order valence-electron chi connectivity index (χ1n) is 14.0.